The molecular weight excluding hydrogens is 317 g/mol. The third kappa shape index (κ3) is 4.10. The Bertz CT molecular complexity index is 617. The number of aromatic nitrogens is 2. The van der Waals surface area contributed by atoms with Crippen LogP contribution in [-0.2, 0) is 4.79 Å². The highest BCUT2D eigenvalue weighted by molar-refractivity contribution is 7.99. The van der Waals surface area contributed by atoms with Crippen LogP contribution in [0.15, 0.2) is 35.6 Å². The van der Waals surface area contributed by atoms with Crippen LogP contribution in [-0.4, -0.2) is 21.6 Å². The summed E-state index contributed by atoms with van der Waals surface area (Å²) in [5.74, 6) is -0.0273. The first-order chi connectivity index (χ1) is 9.56. The van der Waals surface area contributed by atoms with Crippen molar-refractivity contribution < 1.29 is 4.79 Å². The Morgan fingerprint density at radius 3 is 2.65 bits per heavy atom. The second-order valence-corrected chi connectivity index (χ2v) is 5.67. The summed E-state index contributed by atoms with van der Waals surface area (Å²) in [6.07, 6.45) is 1.66. The Morgan fingerprint density at radius 2 is 2.00 bits per heavy atom. The first-order valence-electron chi connectivity index (χ1n) is 5.72. The Kier molecular flexibility index (Phi) is 5.23. The van der Waals surface area contributed by atoms with E-state index in [2.05, 4.69) is 15.3 Å². The Balaban J connectivity index is 1.96. The van der Waals surface area contributed by atoms with Crippen molar-refractivity contribution in [3.8, 4) is 0 Å². The number of hydrogen-bond acceptors (Lipinski definition) is 4. The van der Waals surface area contributed by atoms with Gasteiger partial charge >= 0.3 is 0 Å². The van der Waals surface area contributed by atoms with E-state index < -0.39 is 0 Å². The van der Waals surface area contributed by atoms with Crippen molar-refractivity contribution in [1.29, 1.82) is 0 Å². The van der Waals surface area contributed by atoms with Gasteiger partial charge in [0.1, 0.15) is 0 Å². The van der Waals surface area contributed by atoms with Crippen molar-refractivity contribution in [3.63, 3.8) is 0 Å². The van der Waals surface area contributed by atoms with Gasteiger partial charge in [-0.15, -0.1) is 0 Å². The van der Waals surface area contributed by atoms with Crippen molar-refractivity contribution in [2.75, 3.05) is 11.1 Å². The van der Waals surface area contributed by atoms with Crippen molar-refractivity contribution in [2.45, 2.75) is 12.1 Å². The topological polar surface area (TPSA) is 54.9 Å². The molecule has 0 bridgehead atoms. The lowest BCUT2D eigenvalue weighted by atomic mass is 10.3. The minimum absolute atomic E-state index is 0.186. The van der Waals surface area contributed by atoms with Crippen LogP contribution in [0.25, 0.3) is 0 Å². The van der Waals surface area contributed by atoms with Gasteiger partial charge in [0.15, 0.2) is 5.16 Å². The summed E-state index contributed by atoms with van der Waals surface area (Å²) in [4.78, 5) is 20.2. The van der Waals surface area contributed by atoms with E-state index in [9.17, 15) is 4.79 Å². The largest absolute Gasteiger partial charge is 0.323 e. The number of thioether (sulfide) groups is 1. The molecule has 0 radical (unpaired) electrons. The molecule has 0 aliphatic heterocycles. The van der Waals surface area contributed by atoms with Crippen LogP contribution >= 0.6 is 35.0 Å². The summed E-state index contributed by atoms with van der Waals surface area (Å²) in [6.45, 7) is 1.87. The number of carbonyl (C=O) groups is 1. The average molecular weight is 328 g/mol. The van der Waals surface area contributed by atoms with Gasteiger partial charge in [-0.05, 0) is 25.1 Å². The number of rotatable bonds is 4. The summed E-state index contributed by atoms with van der Waals surface area (Å²) in [7, 11) is 0. The van der Waals surface area contributed by atoms with E-state index in [1.165, 1.54) is 11.8 Å². The number of carbonyl (C=O) groups excluding carboxylic acids is 1. The minimum atomic E-state index is -0.213. The first-order valence-corrected chi connectivity index (χ1v) is 7.47. The Hall–Kier alpha value is -1.30. The summed E-state index contributed by atoms with van der Waals surface area (Å²) < 4.78 is 0. The Morgan fingerprint density at radius 1 is 1.30 bits per heavy atom. The summed E-state index contributed by atoms with van der Waals surface area (Å²) in [5.41, 5.74) is 1.28. The van der Waals surface area contributed by atoms with Crippen LogP contribution in [0.3, 0.4) is 0 Å². The Labute approximate surface area is 130 Å². The smallest absolute Gasteiger partial charge is 0.234 e. The van der Waals surface area contributed by atoms with Crippen molar-refractivity contribution in [3.05, 3.63) is 46.2 Å². The van der Waals surface area contributed by atoms with Crippen molar-refractivity contribution in [1.82, 2.24) is 9.97 Å². The van der Waals surface area contributed by atoms with Gasteiger partial charge in [0.25, 0.3) is 0 Å². The molecule has 0 unspecified atom stereocenters. The van der Waals surface area contributed by atoms with Crippen molar-refractivity contribution >= 4 is 46.6 Å². The van der Waals surface area contributed by atoms with Gasteiger partial charge in [-0.1, -0.05) is 41.0 Å². The third-order valence-corrected chi connectivity index (χ3v) is 3.82. The van der Waals surface area contributed by atoms with Crippen LogP contribution in [0, 0.1) is 6.92 Å². The number of halogens is 2. The molecular formula is C13H11Cl2N3OS. The summed E-state index contributed by atoms with van der Waals surface area (Å²) in [6, 6.07) is 6.85. The molecule has 0 saturated heterocycles. The summed E-state index contributed by atoms with van der Waals surface area (Å²) in [5, 5.41) is 4.06. The van der Waals surface area contributed by atoms with E-state index in [-0.39, 0.29) is 11.7 Å². The molecule has 0 aliphatic rings. The molecule has 104 valence electrons. The van der Waals surface area contributed by atoms with Gasteiger partial charge in [-0.3, -0.25) is 4.79 Å². The molecule has 1 heterocycles. The fourth-order valence-corrected chi connectivity index (χ4v) is 2.59. The quantitative estimate of drug-likeness (QED) is 0.685. The number of nitrogens with one attached hydrogen (secondary N) is 1. The highest BCUT2D eigenvalue weighted by Gasteiger charge is 2.10. The van der Waals surface area contributed by atoms with Crippen molar-refractivity contribution in [2.24, 2.45) is 0 Å². The fourth-order valence-electron chi connectivity index (χ4n) is 1.42. The lowest BCUT2D eigenvalue weighted by Gasteiger charge is -2.08. The molecule has 0 atom stereocenters. The molecule has 4 nitrogen and oxygen atoms in total. The van der Waals surface area contributed by atoms with Crippen LogP contribution in [0.5, 0.6) is 0 Å². The monoisotopic (exact) mass is 327 g/mol. The third-order valence-electron chi connectivity index (χ3n) is 2.33. The lowest BCUT2D eigenvalue weighted by Crippen LogP contribution is -2.15. The maximum absolute atomic E-state index is 11.9. The molecule has 2 aromatic rings. The molecule has 20 heavy (non-hydrogen) atoms. The SMILES string of the molecule is Cc1ccnc(SCC(=O)Nc2c(Cl)cccc2Cl)n1. The predicted octanol–water partition coefficient (Wildman–Crippen LogP) is 3.82. The van der Waals surface area contributed by atoms with Gasteiger partial charge in [0.2, 0.25) is 5.91 Å². The van der Waals surface area contributed by atoms with Crippen LogP contribution in [0.4, 0.5) is 5.69 Å². The second-order valence-electron chi connectivity index (χ2n) is 3.91. The number of amides is 1. The molecule has 1 amide bonds. The lowest BCUT2D eigenvalue weighted by molar-refractivity contribution is -0.113. The van der Waals surface area contributed by atoms with E-state index in [0.717, 1.165) is 5.69 Å². The fraction of sp³-hybridized carbons (Fsp3) is 0.154. The maximum atomic E-state index is 11.9. The zero-order valence-corrected chi connectivity index (χ0v) is 12.9. The number of benzene rings is 1. The van der Waals surface area contributed by atoms with E-state index in [4.69, 9.17) is 23.2 Å². The number of nitrogens with zero attached hydrogens (tertiary/aromatic N) is 2. The van der Waals surface area contributed by atoms with Gasteiger partial charge in [-0.2, -0.15) is 0 Å². The number of anilines is 1. The molecule has 0 aliphatic carbocycles. The van der Waals surface area contributed by atoms with E-state index in [1.807, 2.05) is 6.92 Å². The van der Waals surface area contributed by atoms with E-state index >= 15 is 0 Å². The van der Waals surface area contributed by atoms with Gasteiger partial charge in [0, 0.05) is 11.9 Å². The minimum Gasteiger partial charge on any atom is -0.323 e. The van der Waals surface area contributed by atoms with Gasteiger partial charge < -0.3 is 5.32 Å². The zero-order chi connectivity index (χ0) is 14.5. The average Bonchev–Trinajstić information content (AvgIpc) is 2.41. The van der Waals surface area contributed by atoms with Gasteiger partial charge in [-0.25, -0.2) is 9.97 Å². The highest BCUT2D eigenvalue weighted by Crippen LogP contribution is 2.29. The molecule has 7 heteroatoms. The summed E-state index contributed by atoms with van der Waals surface area (Å²) >= 11 is 13.2. The number of hydrogen-bond donors (Lipinski definition) is 1. The number of para-hydroxylation sites is 1. The van der Waals surface area contributed by atoms with E-state index in [0.29, 0.717) is 20.9 Å². The molecule has 0 fully saturated rings. The normalized spacial score (nSPS) is 10.3. The molecule has 1 aromatic carbocycles. The number of aryl methyl sites for hydroxylation is 1. The zero-order valence-electron chi connectivity index (χ0n) is 10.6. The van der Waals surface area contributed by atoms with Crippen LogP contribution in [0.1, 0.15) is 5.69 Å². The standard InChI is InChI=1S/C13H11Cl2N3OS/c1-8-5-6-16-13(17-8)20-7-11(19)18-12-9(14)3-2-4-10(12)15/h2-6H,7H2,1H3,(H,18,19). The molecule has 1 N–H and O–H groups in total. The molecule has 0 spiro atoms. The van der Waals surface area contributed by atoms with Gasteiger partial charge in [0.05, 0.1) is 21.5 Å². The molecule has 1 aromatic heterocycles. The molecule has 2 rings (SSSR count). The maximum Gasteiger partial charge on any atom is 0.234 e. The second kappa shape index (κ2) is 6.92. The van der Waals surface area contributed by atoms with Crippen LogP contribution in [0.2, 0.25) is 10.0 Å². The highest BCUT2D eigenvalue weighted by atomic mass is 35.5. The first kappa shape index (κ1) is 15.1. The van der Waals surface area contributed by atoms with E-state index in [1.54, 1.807) is 30.5 Å². The van der Waals surface area contributed by atoms with Crippen LogP contribution < -0.4 is 5.32 Å². The predicted molar refractivity (Wildman–Crippen MR) is 82.6 cm³/mol. The molecule has 0 saturated carbocycles.